The fourth-order valence-corrected chi connectivity index (χ4v) is 6.00. The predicted molar refractivity (Wildman–Crippen MR) is 141 cm³/mol. The van der Waals surface area contributed by atoms with Gasteiger partial charge in [-0.15, -0.1) is 0 Å². The summed E-state index contributed by atoms with van der Waals surface area (Å²) in [6, 6.07) is 14.9. The lowest BCUT2D eigenvalue weighted by molar-refractivity contribution is 0.0339. The summed E-state index contributed by atoms with van der Waals surface area (Å²) < 4.78 is 20.0. The fourth-order valence-electron chi connectivity index (χ4n) is 4.85. The highest BCUT2D eigenvalue weighted by Gasteiger charge is 2.38. The van der Waals surface area contributed by atoms with Crippen molar-refractivity contribution < 1.29 is 19.0 Å². The van der Waals surface area contributed by atoms with E-state index < -0.39 is 0 Å². The molecule has 0 saturated carbocycles. The molecule has 0 spiro atoms. The van der Waals surface area contributed by atoms with Gasteiger partial charge < -0.3 is 19.1 Å². The Kier molecular flexibility index (Phi) is 8.76. The van der Waals surface area contributed by atoms with Crippen LogP contribution in [-0.4, -0.2) is 73.8 Å². The topological polar surface area (TPSA) is 51.2 Å². The van der Waals surface area contributed by atoms with E-state index in [0.717, 1.165) is 48.5 Å². The van der Waals surface area contributed by atoms with Crippen LogP contribution >= 0.6 is 11.9 Å². The first-order valence-electron chi connectivity index (χ1n) is 12.5. The Labute approximate surface area is 214 Å². The van der Waals surface area contributed by atoms with Crippen molar-refractivity contribution in [1.29, 1.82) is 0 Å². The first kappa shape index (κ1) is 26.0. The highest BCUT2D eigenvalue weighted by molar-refractivity contribution is 7.97. The molecule has 0 N–H and O–H groups in total. The smallest absolute Gasteiger partial charge is 0.254 e. The maximum absolute atomic E-state index is 13.3. The van der Waals surface area contributed by atoms with E-state index in [9.17, 15) is 4.79 Å². The van der Waals surface area contributed by atoms with Crippen LogP contribution in [0, 0.1) is 13.8 Å². The van der Waals surface area contributed by atoms with E-state index in [1.807, 2.05) is 61.0 Å². The van der Waals surface area contributed by atoms with Crippen molar-refractivity contribution in [3.63, 3.8) is 0 Å². The number of nitrogens with zero attached hydrogens (tertiary/aromatic N) is 2. The summed E-state index contributed by atoms with van der Waals surface area (Å²) in [6.45, 7) is 8.95. The van der Waals surface area contributed by atoms with Gasteiger partial charge in [0.15, 0.2) is 0 Å². The van der Waals surface area contributed by atoms with Gasteiger partial charge in [-0.2, -0.15) is 0 Å². The van der Waals surface area contributed by atoms with Crippen LogP contribution < -0.4 is 4.74 Å². The third kappa shape index (κ3) is 6.39. The van der Waals surface area contributed by atoms with Crippen molar-refractivity contribution >= 4 is 17.9 Å². The van der Waals surface area contributed by atoms with Gasteiger partial charge in [0.2, 0.25) is 0 Å². The quantitative estimate of drug-likeness (QED) is 0.475. The summed E-state index contributed by atoms with van der Waals surface area (Å²) in [7, 11) is 3.87. The fraction of sp³-hybridized carbons (Fsp3) is 0.536. The van der Waals surface area contributed by atoms with Crippen LogP contribution in [-0.2, 0) is 9.47 Å². The standard InChI is InChI=1S/C28H38N2O4S/c1-19-9-10-20(2)25(15-19)28(31)30-17-26(32-5)27(18-30)34-24-8-6-7-22(16-24)21(3)35-29(4)23-11-13-33-14-12-23/h6-10,15-16,21,23,26-27H,11-14,17-18H2,1-5H3. The molecule has 2 fully saturated rings. The molecule has 4 rings (SSSR count). The van der Waals surface area contributed by atoms with Crippen LogP contribution in [0.4, 0.5) is 0 Å². The minimum Gasteiger partial charge on any atom is -0.486 e. The first-order chi connectivity index (χ1) is 16.9. The average molecular weight is 499 g/mol. The number of aryl methyl sites for hydroxylation is 2. The normalized spacial score (nSPS) is 21.9. The third-order valence-corrected chi connectivity index (χ3v) is 8.29. The maximum atomic E-state index is 13.3. The molecular weight excluding hydrogens is 460 g/mol. The number of hydrogen-bond donors (Lipinski definition) is 0. The van der Waals surface area contributed by atoms with Gasteiger partial charge in [0, 0.05) is 37.2 Å². The van der Waals surface area contributed by atoms with Gasteiger partial charge in [0.25, 0.3) is 5.91 Å². The third-order valence-electron chi connectivity index (χ3n) is 7.07. The molecule has 2 saturated heterocycles. The Hall–Kier alpha value is -2.06. The number of amides is 1. The van der Waals surface area contributed by atoms with Gasteiger partial charge in [-0.1, -0.05) is 41.8 Å². The summed E-state index contributed by atoms with van der Waals surface area (Å²) in [5.74, 6) is 0.853. The summed E-state index contributed by atoms with van der Waals surface area (Å²) in [4.78, 5) is 15.1. The monoisotopic (exact) mass is 498 g/mol. The molecule has 190 valence electrons. The Bertz CT molecular complexity index is 1010. The number of carbonyl (C=O) groups excluding carboxylic acids is 1. The molecule has 0 aromatic heterocycles. The predicted octanol–water partition coefficient (Wildman–Crippen LogP) is 5.04. The summed E-state index contributed by atoms with van der Waals surface area (Å²) in [5, 5.41) is 0.301. The molecule has 2 aliphatic heterocycles. The molecular formula is C28H38N2O4S. The molecule has 0 bridgehead atoms. The van der Waals surface area contributed by atoms with Crippen LogP contribution in [0.3, 0.4) is 0 Å². The number of ether oxygens (including phenoxy) is 3. The Morgan fingerprint density at radius 1 is 1.11 bits per heavy atom. The number of hydrogen-bond acceptors (Lipinski definition) is 6. The highest BCUT2D eigenvalue weighted by Crippen LogP contribution is 2.35. The molecule has 3 unspecified atom stereocenters. The second-order valence-electron chi connectivity index (χ2n) is 9.67. The molecule has 1 amide bonds. The van der Waals surface area contributed by atoms with Gasteiger partial charge in [-0.05, 0) is 70.0 Å². The van der Waals surface area contributed by atoms with Crippen molar-refractivity contribution in [2.75, 3.05) is 40.5 Å². The molecule has 0 aliphatic carbocycles. The molecule has 35 heavy (non-hydrogen) atoms. The Morgan fingerprint density at radius 3 is 2.60 bits per heavy atom. The van der Waals surface area contributed by atoms with Gasteiger partial charge in [0.05, 0.1) is 13.1 Å². The molecule has 2 aromatic carbocycles. The lowest BCUT2D eigenvalue weighted by Gasteiger charge is -2.32. The molecule has 6 nitrogen and oxygen atoms in total. The Morgan fingerprint density at radius 2 is 1.86 bits per heavy atom. The second kappa shape index (κ2) is 11.8. The molecule has 7 heteroatoms. The van der Waals surface area contributed by atoms with Gasteiger partial charge in [-0.25, -0.2) is 4.31 Å². The molecule has 2 heterocycles. The second-order valence-corrected chi connectivity index (χ2v) is 11.2. The lowest BCUT2D eigenvalue weighted by Crippen LogP contribution is -2.32. The maximum Gasteiger partial charge on any atom is 0.254 e. The van der Waals surface area contributed by atoms with Crippen molar-refractivity contribution in [2.45, 2.75) is 57.1 Å². The van der Waals surface area contributed by atoms with Gasteiger partial charge >= 0.3 is 0 Å². The van der Waals surface area contributed by atoms with Gasteiger partial charge in [-0.3, -0.25) is 4.79 Å². The van der Waals surface area contributed by atoms with Crippen LogP contribution in [0.25, 0.3) is 0 Å². The number of methoxy groups -OCH3 is 1. The van der Waals surface area contributed by atoms with E-state index >= 15 is 0 Å². The molecule has 0 radical (unpaired) electrons. The van der Waals surface area contributed by atoms with E-state index in [-0.39, 0.29) is 18.1 Å². The van der Waals surface area contributed by atoms with Crippen LogP contribution in [0.5, 0.6) is 5.75 Å². The minimum atomic E-state index is -0.211. The van der Waals surface area contributed by atoms with E-state index in [0.29, 0.717) is 24.4 Å². The minimum absolute atomic E-state index is 0.0364. The highest BCUT2D eigenvalue weighted by atomic mass is 32.2. The lowest BCUT2D eigenvalue weighted by atomic mass is 10.0. The zero-order chi connectivity index (χ0) is 24.9. The first-order valence-corrected chi connectivity index (χ1v) is 13.3. The zero-order valence-corrected chi connectivity index (χ0v) is 22.3. The van der Waals surface area contributed by atoms with Crippen LogP contribution in [0.15, 0.2) is 42.5 Å². The number of benzene rings is 2. The summed E-state index contributed by atoms with van der Waals surface area (Å²) >= 11 is 1.86. The van der Waals surface area contributed by atoms with Crippen molar-refractivity contribution in [1.82, 2.24) is 9.21 Å². The average Bonchev–Trinajstić information content (AvgIpc) is 3.28. The number of rotatable bonds is 8. The van der Waals surface area contributed by atoms with Gasteiger partial charge in [0.1, 0.15) is 18.0 Å². The van der Waals surface area contributed by atoms with Crippen molar-refractivity contribution in [3.8, 4) is 5.75 Å². The van der Waals surface area contributed by atoms with E-state index in [4.69, 9.17) is 14.2 Å². The van der Waals surface area contributed by atoms with Crippen molar-refractivity contribution in [2.24, 2.45) is 0 Å². The SMILES string of the molecule is COC1CN(C(=O)c2cc(C)ccc2C)CC1Oc1cccc(C(C)SN(C)C2CCOCC2)c1. The van der Waals surface area contributed by atoms with Crippen LogP contribution in [0.2, 0.25) is 0 Å². The zero-order valence-electron chi connectivity index (χ0n) is 21.5. The van der Waals surface area contributed by atoms with E-state index in [2.05, 4.69) is 30.4 Å². The Balaban J connectivity index is 1.40. The number of likely N-dealkylation sites (tertiary alicyclic amines) is 1. The van der Waals surface area contributed by atoms with Crippen molar-refractivity contribution in [3.05, 3.63) is 64.7 Å². The summed E-state index contributed by atoms with van der Waals surface area (Å²) in [6.07, 6.45) is 1.78. The molecule has 2 aliphatic rings. The summed E-state index contributed by atoms with van der Waals surface area (Å²) in [5.41, 5.74) is 4.05. The number of carbonyl (C=O) groups is 1. The largest absolute Gasteiger partial charge is 0.486 e. The van der Waals surface area contributed by atoms with Crippen LogP contribution in [0.1, 0.15) is 52.1 Å². The van der Waals surface area contributed by atoms with E-state index in [1.165, 1.54) is 5.56 Å². The van der Waals surface area contributed by atoms with E-state index in [1.54, 1.807) is 7.11 Å². The molecule has 2 aromatic rings. The molecule has 3 atom stereocenters.